The van der Waals surface area contributed by atoms with E-state index in [0.29, 0.717) is 35.6 Å². The van der Waals surface area contributed by atoms with Crippen molar-refractivity contribution in [1.29, 1.82) is 0 Å². The first-order chi connectivity index (χ1) is 17.7. The van der Waals surface area contributed by atoms with Gasteiger partial charge in [0.25, 0.3) is 5.91 Å². The number of carbonyl (C=O) groups is 2. The van der Waals surface area contributed by atoms with Gasteiger partial charge in [0.1, 0.15) is 0 Å². The molecule has 0 unspecified atom stereocenters. The van der Waals surface area contributed by atoms with Gasteiger partial charge in [-0.1, -0.05) is 18.2 Å². The summed E-state index contributed by atoms with van der Waals surface area (Å²) < 4.78 is 32.6. The lowest BCUT2D eigenvalue weighted by molar-refractivity contribution is 0.0998. The van der Waals surface area contributed by atoms with Gasteiger partial charge in [-0.05, 0) is 67.4 Å². The van der Waals surface area contributed by atoms with E-state index >= 15 is 0 Å². The summed E-state index contributed by atoms with van der Waals surface area (Å²) in [5.74, 6) is -1.12. The van der Waals surface area contributed by atoms with Crippen LogP contribution >= 0.6 is 0 Å². The van der Waals surface area contributed by atoms with Crippen LogP contribution in [0.2, 0.25) is 0 Å². The summed E-state index contributed by atoms with van der Waals surface area (Å²) in [6, 6.07) is 17.4. The molecule has 1 fully saturated rings. The lowest BCUT2D eigenvalue weighted by atomic mass is 9.93. The minimum atomic E-state index is -3.62. The van der Waals surface area contributed by atoms with Crippen LogP contribution in [0.4, 0.5) is 17.1 Å². The van der Waals surface area contributed by atoms with Crippen LogP contribution in [-0.4, -0.2) is 52.3 Å². The number of benzene rings is 3. The summed E-state index contributed by atoms with van der Waals surface area (Å²) in [6.45, 7) is 6.17. The molecule has 37 heavy (non-hydrogen) atoms. The van der Waals surface area contributed by atoms with Gasteiger partial charge in [-0.15, -0.1) is 0 Å². The zero-order valence-corrected chi connectivity index (χ0v) is 21.6. The molecule has 1 heterocycles. The second-order valence-corrected chi connectivity index (χ2v) is 10.7. The van der Waals surface area contributed by atoms with Gasteiger partial charge in [0.05, 0.1) is 24.7 Å². The Labute approximate surface area is 216 Å². The van der Waals surface area contributed by atoms with E-state index in [1.54, 1.807) is 42.5 Å². The number of morpholine rings is 1. The van der Waals surface area contributed by atoms with Crippen LogP contribution < -0.4 is 20.7 Å². The number of hydrogen-bond acceptors (Lipinski definition) is 6. The van der Waals surface area contributed by atoms with Crippen molar-refractivity contribution in [1.82, 2.24) is 0 Å². The van der Waals surface area contributed by atoms with Gasteiger partial charge in [-0.2, -0.15) is 0 Å². The fraction of sp³-hybridized carbons (Fsp3) is 0.259. The van der Waals surface area contributed by atoms with E-state index < -0.39 is 15.9 Å². The van der Waals surface area contributed by atoms with E-state index in [2.05, 4.69) is 14.9 Å². The molecule has 0 bridgehead atoms. The minimum absolute atomic E-state index is 0.133. The molecular formula is C27H30N4O5S. The predicted molar refractivity (Wildman–Crippen MR) is 146 cm³/mol. The molecule has 2 amide bonds. The quantitative estimate of drug-likeness (QED) is 0.414. The summed E-state index contributed by atoms with van der Waals surface area (Å²) in [5, 5.41) is 2.92. The number of carbonyl (C=O) groups excluding carboxylic acids is 2. The number of amides is 2. The monoisotopic (exact) mass is 522 g/mol. The van der Waals surface area contributed by atoms with Crippen LogP contribution in [-0.2, 0) is 14.8 Å². The van der Waals surface area contributed by atoms with Crippen molar-refractivity contribution in [2.45, 2.75) is 13.8 Å². The molecule has 0 aliphatic carbocycles. The maximum absolute atomic E-state index is 13.1. The predicted octanol–water partition coefficient (Wildman–Crippen LogP) is 3.61. The second-order valence-electron chi connectivity index (χ2n) is 8.73. The van der Waals surface area contributed by atoms with Crippen molar-refractivity contribution < 1.29 is 22.7 Å². The highest BCUT2D eigenvalue weighted by molar-refractivity contribution is 7.92. The van der Waals surface area contributed by atoms with Crippen molar-refractivity contribution in [3.8, 4) is 11.1 Å². The Bertz CT molecular complexity index is 1430. The van der Waals surface area contributed by atoms with E-state index in [0.717, 1.165) is 24.3 Å². The Kier molecular flexibility index (Phi) is 7.80. The van der Waals surface area contributed by atoms with Gasteiger partial charge < -0.3 is 20.7 Å². The molecule has 3 aromatic carbocycles. The van der Waals surface area contributed by atoms with Crippen LogP contribution in [0, 0.1) is 6.92 Å². The third-order valence-corrected chi connectivity index (χ3v) is 7.52. The molecule has 9 nitrogen and oxygen atoms in total. The lowest BCUT2D eigenvalue weighted by Crippen LogP contribution is -2.36. The van der Waals surface area contributed by atoms with E-state index in [1.165, 1.54) is 6.92 Å². The topological polar surface area (TPSA) is 131 Å². The molecule has 3 aromatic rings. The molecule has 10 heteroatoms. The van der Waals surface area contributed by atoms with Gasteiger partial charge in [-0.3, -0.25) is 14.3 Å². The smallest absolute Gasteiger partial charge is 0.255 e. The Morgan fingerprint density at radius 2 is 1.76 bits per heavy atom. The number of anilines is 3. The summed E-state index contributed by atoms with van der Waals surface area (Å²) in [7, 11) is -3.62. The maximum Gasteiger partial charge on any atom is 0.255 e. The molecule has 1 aliphatic rings. The second kappa shape index (κ2) is 11.0. The summed E-state index contributed by atoms with van der Waals surface area (Å²) in [4.78, 5) is 27.6. The molecule has 194 valence electrons. The normalized spacial score (nSPS) is 13.7. The molecular weight excluding hydrogens is 492 g/mol. The number of aryl methyl sites for hydroxylation is 1. The van der Waals surface area contributed by atoms with Gasteiger partial charge in [0.2, 0.25) is 15.9 Å². The third kappa shape index (κ3) is 6.10. The molecule has 4 N–H and O–H groups in total. The lowest BCUT2D eigenvalue weighted by Gasteiger charge is -2.29. The zero-order valence-electron chi connectivity index (χ0n) is 20.8. The Morgan fingerprint density at radius 3 is 2.46 bits per heavy atom. The number of primary amides is 1. The van der Waals surface area contributed by atoms with E-state index in [4.69, 9.17) is 10.5 Å². The standard InChI is InChI=1S/C27H30N4O5S/c1-3-37(34,35)30-24-9-5-8-22(26(28)32)25(24)23-17-20(11-10-18(23)2)29-27(33)19-6-4-7-21(16-19)31-12-14-36-15-13-31/h4-11,16-17,30H,3,12-15H2,1-2H3,(H2,28,32)(H,29,33). The fourth-order valence-electron chi connectivity index (χ4n) is 4.21. The molecule has 0 saturated carbocycles. The molecule has 0 radical (unpaired) electrons. The van der Waals surface area contributed by atoms with Crippen molar-refractivity contribution in [2.75, 3.05) is 47.0 Å². The highest BCUT2D eigenvalue weighted by Crippen LogP contribution is 2.36. The van der Waals surface area contributed by atoms with E-state index in [9.17, 15) is 18.0 Å². The average Bonchev–Trinajstić information content (AvgIpc) is 2.90. The molecule has 0 atom stereocenters. The third-order valence-electron chi connectivity index (χ3n) is 6.22. The first kappa shape index (κ1) is 26.2. The summed E-state index contributed by atoms with van der Waals surface area (Å²) >= 11 is 0. The fourth-order valence-corrected chi connectivity index (χ4v) is 4.86. The van der Waals surface area contributed by atoms with E-state index in [1.807, 2.05) is 25.1 Å². The summed E-state index contributed by atoms with van der Waals surface area (Å²) in [6.07, 6.45) is 0. The Hall–Kier alpha value is -3.89. The maximum atomic E-state index is 13.1. The summed E-state index contributed by atoms with van der Waals surface area (Å²) in [5.41, 5.74) is 9.69. The number of nitrogens with zero attached hydrogens (tertiary/aromatic N) is 1. The van der Waals surface area contributed by atoms with Crippen molar-refractivity contribution in [3.05, 3.63) is 77.4 Å². The van der Waals surface area contributed by atoms with Gasteiger partial charge in [-0.25, -0.2) is 8.42 Å². The van der Waals surface area contributed by atoms with Gasteiger partial charge in [0, 0.05) is 41.2 Å². The number of sulfonamides is 1. The number of ether oxygens (including phenoxy) is 1. The van der Waals surface area contributed by atoms with E-state index in [-0.39, 0.29) is 22.9 Å². The van der Waals surface area contributed by atoms with Crippen LogP contribution in [0.1, 0.15) is 33.2 Å². The van der Waals surface area contributed by atoms with Crippen LogP contribution in [0.5, 0.6) is 0 Å². The molecule has 4 rings (SSSR count). The first-order valence-corrected chi connectivity index (χ1v) is 13.6. The zero-order chi connectivity index (χ0) is 26.6. The number of nitrogens with one attached hydrogen (secondary N) is 2. The van der Waals surface area contributed by atoms with Crippen molar-refractivity contribution in [3.63, 3.8) is 0 Å². The number of rotatable bonds is 8. The minimum Gasteiger partial charge on any atom is -0.378 e. The highest BCUT2D eigenvalue weighted by Gasteiger charge is 2.20. The SMILES string of the molecule is CCS(=O)(=O)Nc1cccc(C(N)=O)c1-c1cc(NC(=O)c2cccc(N3CCOCC3)c2)ccc1C. The largest absolute Gasteiger partial charge is 0.378 e. The van der Waals surface area contributed by atoms with Crippen LogP contribution in [0.25, 0.3) is 11.1 Å². The number of nitrogens with two attached hydrogens (primary N) is 1. The molecule has 0 spiro atoms. The van der Waals surface area contributed by atoms with Crippen LogP contribution in [0.3, 0.4) is 0 Å². The average molecular weight is 523 g/mol. The molecule has 0 aromatic heterocycles. The van der Waals surface area contributed by atoms with Crippen molar-refractivity contribution >= 4 is 38.9 Å². The molecule has 1 aliphatic heterocycles. The first-order valence-electron chi connectivity index (χ1n) is 12.0. The Balaban J connectivity index is 1.68. The van der Waals surface area contributed by atoms with Crippen molar-refractivity contribution in [2.24, 2.45) is 5.73 Å². The molecule has 1 saturated heterocycles. The van der Waals surface area contributed by atoms with Crippen LogP contribution in [0.15, 0.2) is 60.7 Å². The van der Waals surface area contributed by atoms with Gasteiger partial charge >= 0.3 is 0 Å². The van der Waals surface area contributed by atoms with Gasteiger partial charge in [0.15, 0.2) is 0 Å². The highest BCUT2D eigenvalue weighted by atomic mass is 32.2. The Morgan fingerprint density at radius 1 is 1.03 bits per heavy atom. The number of hydrogen-bond donors (Lipinski definition) is 3.